The normalized spacial score (nSPS) is 19.2. The molecule has 0 spiro atoms. The average molecular weight is 608 g/mol. The first-order valence-electron chi connectivity index (χ1n) is 15.0. The summed E-state index contributed by atoms with van der Waals surface area (Å²) in [6.45, 7) is 2.43. The SMILES string of the molecule is Cn1c(=O)n(C2CCC(=O)NC2=O)c2ccc(CN3CCCC(n4cc(-c5cc(-c6ccccc6O)nnc5N)cn4)C3)cc21. The minimum Gasteiger partial charge on any atom is -0.507 e. The fourth-order valence-electron chi connectivity index (χ4n) is 6.52. The minimum atomic E-state index is -0.707. The first kappa shape index (κ1) is 28.5. The molecule has 2 unspecified atom stereocenters. The number of nitrogens with two attached hydrogens (primary N) is 1. The number of nitrogen functional groups attached to an aromatic ring is 1. The number of hydrogen-bond acceptors (Lipinski definition) is 9. The quantitative estimate of drug-likeness (QED) is 0.246. The lowest BCUT2D eigenvalue weighted by Crippen LogP contribution is -2.44. The van der Waals surface area contributed by atoms with Crippen molar-refractivity contribution in [1.82, 2.24) is 39.3 Å². The largest absolute Gasteiger partial charge is 0.507 e. The summed E-state index contributed by atoms with van der Waals surface area (Å²) < 4.78 is 5.05. The summed E-state index contributed by atoms with van der Waals surface area (Å²) in [7, 11) is 1.71. The van der Waals surface area contributed by atoms with E-state index in [-0.39, 0.29) is 35.6 Å². The molecule has 2 aromatic carbocycles. The van der Waals surface area contributed by atoms with Crippen LogP contribution in [-0.2, 0) is 23.2 Å². The number of imidazole rings is 1. The van der Waals surface area contributed by atoms with Crippen LogP contribution in [0, 0.1) is 0 Å². The van der Waals surface area contributed by atoms with Gasteiger partial charge in [-0.25, -0.2) is 4.79 Å². The molecular formula is C32H33N9O4. The topological polar surface area (TPSA) is 166 Å². The molecule has 4 N–H and O–H groups in total. The molecule has 2 atom stereocenters. The molecule has 2 aliphatic heterocycles. The molecule has 2 fully saturated rings. The third-order valence-electron chi connectivity index (χ3n) is 8.85. The van der Waals surface area contributed by atoms with Crippen LogP contribution in [0.1, 0.15) is 43.3 Å². The summed E-state index contributed by atoms with van der Waals surface area (Å²) in [5.74, 6) is -0.344. The van der Waals surface area contributed by atoms with Crippen LogP contribution in [-0.4, -0.2) is 64.0 Å². The molecule has 2 amide bonds. The number of anilines is 1. The molecule has 0 saturated carbocycles. The summed E-state index contributed by atoms with van der Waals surface area (Å²) in [5, 5.41) is 25.6. The fraction of sp³-hybridized carbons (Fsp3) is 0.312. The number of aryl methyl sites for hydroxylation is 1. The van der Waals surface area contributed by atoms with Gasteiger partial charge in [-0.1, -0.05) is 18.2 Å². The van der Waals surface area contributed by atoms with Gasteiger partial charge in [0.15, 0.2) is 5.82 Å². The number of amides is 2. The van der Waals surface area contributed by atoms with E-state index in [0.29, 0.717) is 35.3 Å². The Bertz CT molecular complexity index is 2010. The van der Waals surface area contributed by atoms with Gasteiger partial charge in [-0.2, -0.15) is 5.10 Å². The van der Waals surface area contributed by atoms with Gasteiger partial charge in [-0.05, 0) is 61.7 Å². The number of carbonyl (C=O) groups excluding carboxylic acids is 2. The van der Waals surface area contributed by atoms with E-state index < -0.39 is 11.9 Å². The summed E-state index contributed by atoms with van der Waals surface area (Å²) in [4.78, 5) is 39.7. The van der Waals surface area contributed by atoms with Gasteiger partial charge < -0.3 is 10.8 Å². The van der Waals surface area contributed by atoms with Crippen LogP contribution in [0.4, 0.5) is 5.82 Å². The number of rotatable bonds is 6. The zero-order chi connectivity index (χ0) is 31.2. The molecule has 5 heterocycles. The smallest absolute Gasteiger partial charge is 0.329 e. The maximum Gasteiger partial charge on any atom is 0.329 e. The molecule has 230 valence electrons. The lowest BCUT2D eigenvalue weighted by molar-refractivity contribution is -0.135. The molecule has 2 saturated heterocycles. The number of phenols is 1. The Morgan fingerprint density at radius 3 is 2.69 bits per heavy atom. The second-order valence-corrected chi connectivity index (χ2v) is 11.8. The number of para-hydroxylation sites is 1. The highest BCUT2D eigenvalue weighted by Crippen LogP contribution is 2.33. The van der Waals surface area contributed by atoms with Crippen molar-refractivity contribution in [2.75, 3.05) is 18.8 Å². The molecule has 0 aliphatic carbocycles. The molecule has 0 bridgehead atoms. The van der Waals surface area contributed by atoms with Crippen molar-refractivity contribution < 1.29 is 14.7 Å². The average Bonchev–Trinajstić information content (AvgIpc) is 3.62. The Morgan fingerprint density at radius 1 is 1.02 bits per heavy atom. The highest BCUT2D eigenvalue weighted by molar-refractivity contribution is 6.00. The fourth-order valence-corrected chi connectivity index (χ4v) is 6.52. The van der Waals surface area contributed by atoms with Gasteiger partial charge in [0.2, 0.25) is 11.8 Å². The van der Waals surface area contributed by atoms with Crippen molar-refractivity contribution in [1.29, 1.82) is 0 Å². The Kier molecular flexibility index (Phi) is 7.16. The van der Waals surface area contributed by atoms with Gasteiger partial charge in [-0.3, -0.25) is 33.6 Å². The summed E-state index contributed by atoms with van der Waals surface area (Å²) >= 11 is 0. The molecular weight excluding hydrogens is 574 g/mol. The number of fused-ring (bicyclic) bond motifs is 1. The van der Waals surface area contributed by atoms with Crippen LogP contribution in [0.15, 0.2) is 65.7 Å². The van der Waals surface area contributed by atoms with E-state index in [1.807, 2.05) is 41.2 Å². The van der Waals surface area contributed by atoms with E-state index in [4.69, 9.17) is 5.73 Å². The standard InChI is InChI=1S/C32H33N9O4/c1-38-27-13-19(8-9-25(27)41(32(38)45)26-10-11-29(43)35-31(26)44)16-39-12-4-5-21(18-39)40-17-20(15-34-40)23-14-24(36-37-30(23)33)22-6-2-3-7-28(22)42/h2-3,6-9,13-15,17,21,26,42H,4-5,10-12,16,18H2,1H3,(H2,33,37)(H,35,43,44). The predicted molar refractivity (Wildman–Crippen MR) is 167 cm³/mol. The molecule has 13 heteroatoms. The Labute approximate surface area is 257 Å². The maximum atomic E-state index is 13.2. The lowest BCUT2D eigenvalue weighted by Gasteiger charge is -2.32. The number of nitrogens with one attached hydrogen (secondary N) is 1. The number of aromatic hydroxyl groups is 1. The highest BCUT2D eigenvalue weighted by Gasteiger charge is 2.31. The van der Waals surface area contributed by atoms with Gasteiger partial charge in [0.25, 0.3) is 0 Å². The van der Waals surface area contributed by atoms with E-state index in [0.717, 1.165) is 42.6 Å². The van der Waals surface area contributed by atoms with Crippen molar-refractivity contribution in [2.24, 2.45) is 7.05 Å². The zero-order valence-corrected chi connectivity index (χ0v) is 24.8. The molecule has 45 heavy (non-hydrogen) atoms. The van der Waals surface area contributed by atoms with Crippen LogP contribution < -0.4 is 16.7 Å². The number of hydrogen-bond donors (Lipinski definition) is 3. The van der Waals surface area contributed by atoms with Gasteiger partial charge >= 0.3 is 5.69 Å². The first-order chi connectivity index (χ1) is 21.8. The van der Waals surface area contributed by atoms with E-state index >= 15 is 0 Å². The molecule has 7 rings (SSSR count). The van der Waals surface area contributed by atoms with Gasteiger partial charge in [0, 0.05) is 49.4 Å². The zero-order valence-electron chi connectivity index (χ0n) is 24.8. The second kappa shape index (κ2) is 11.3. The summed E-state index contributed by atoms with van der Waals surface area (Å²) in [6.07, 6.45) is 6.25. The third kappa shape index (κ3) is 5.24. The molecule has 3 aromatic heterocycles. The predicted octanol–water partition coefficient (Wildman–Crippen LogP) is 2.76. The van der Waals surface area contributed by atoms with Gasteiger partial charge in [0.05, 0.1) is 29.0 Å². The summed E-state index contributed by atoms with van der Waals surface area (Å²) in [6, 6.07) is 14.2. The van der Waals surface area contributed by atoms with Crippen LogP contribution in [0.25, 0.3) is 33.4 Å². The monoisotopic (exact) mass is 607 g/mol. The maximum absolute atomic E-state index is 13.2. The minimum absolute atomic E-state index is 0.119. The van der Waals surface area contributed by atoms with Crippen LogP contribution in [0.5, 0.6) is 5.75 Å². The number of nitrogens with zero attached hydrogens (tertiary/aromatic N) is 7. The molecule has 13 nitrogen and oxygen atoms in total. The van der Waals surface area contributed by atoms with Gasteiger partial charge in [-0.15, -0.1) is 10.2 Å². The number of piperidine rings is 2. The third-order valence-corrected chi connectivity index (χ3v) is 8.85. The number of phenolic OH excluding ortho intramolecular Hbond substituents is 1. The van der Waals surface area contributed by atoms with Crippen molar-refractivity contribution >= 4 is 28.7 Å². The Hall–Kier alpha value is -5.30. The molecule has 2 aliphatic rings. The second-order valence-electron chi connectivity index (χ2n) is 11.8. The number of imide groups is 1. The lowest BCUT2D eigenvalue weighted by atomic mass is 10.0. The highest BCUT2D eigenvalue weighted by atomic mass is 16.3. The van der Waals surface area contributed by atoms with Crippen molar-refractivity contribution in [3.63, 3.8) is 0 Å². The van der Waals surface area contributed by atoms with E-state index in [9.17, 15) is 19.5 Å². The first-order valence-corrected chi connectivity index (χ1v) is 15.0. The summed E-state index contributed by atoms with van der Waals surface area (Å²) in [5.41, 5.74) is 11.0. The molecule has 5 aromatic rings. The number of benzene rings is 2. The van der Waals surface area contributed by atoms with Crippen LogP contribution >= 0.6 is 0 Å². The Morgan fingerprint density at radius 2 is 1.87 bits per heavy atom. The van der Waals surface area contributed by atoms with E-state index in [2.05, 4.69) is 25.5 Å². The van der Waals surface area contributed by atoms with Crippen molar-refractivity contribution in [2.45, 2.75) is 44.3 Å². The number of carbonyl (C=O) groups is 2. The molecule has 0 radical (unpaired) electrons. The number of aromatic nitrogens is 6. The van der Waals surface area contributed by atoms with Crippen LogP contribution in [0.3, 0.4) is 0 Å². The number of likely N-dealkylation sites (tertiary alicyclic amines) is 1. The van der Waals surface area contributed by atoms with Crippen molar-refractivity contribution in [3.05, 3.63) is 77.0 Å². The van der Waals surface area contributed by atoms with Crippen molar-refractivity contribution in [3.8, 4) is 28.1 Å². The Balaban J connectivity index is 1.09. The van der Waals surface area contributed by atoms with E-state index in [1.165, 1.54) is 4.57 Å². The van der Waals surface area contributed by atoms with Gasteiger partial charge in [0.1, 0.15) is 11.8 Å². The van der Waals surface area contributed by atoms with Crippen LogP contribution in [0.2, 0.25) is 0 Å². The van der Waals surface area contributed by atoms with E-state index in [1.54, 1.807) is 36.0 Å².